The molecule has 2 saturated heterocycles. The van der Waals surface area contributed by atoms with Gasteiger partial charge >= 0.3 is 0 Å². The molecule has 4 rings (SSSR count). The normalized spacial score (nSPS) is 32.4. The number of ether oxygens (including phenoxy) is 1. The van der Waals surface area contributed by atoms with E-state index in [9.17, 15) is 0 Å². The van der Waals surface area contributed by atoms with E-state index in [1.54, 1.807) is 11.1 Å². The predicted molar refractivity (Wildman–Crippen MR) is 70.7 cm³/mol. The van der Waals surface area contributed by atoms with Crippen LogP contribution in [0, 0.1) is 0 Å². The monoisotopic (exact) mass is 244 g/mol. The van der Waals surface area contributed by atoms with Crippen LogP contribution in [0.2, 0.25) is 0 Å². The van der Waals surface area contributed by atoms with Gasteiger partial charge in [-0.25, -0.2) is 0 Å². The van der Waals surface area contributed by atoms with Gasteiger partial charge in [0.1, 0.15) is 0 Å². The van der Waals surface area contributed by atoms with Crippen molar-refractivity contribution in [3.8, 4) is 0 Å². The van der Waals surface area contributed by atoms with Crippen LogP contribution in [-0.2, 0) is 17.6 Å². The molecule has 0 amide bonds. The minimum atomic E-state index is 0.419. The van der Waals surface area contributed by atoms with Crippen molar-refractivity contribution in [1.82, 2.24) is 10.2 Å². The molecule has 0 bridgehead atoms. The third kappa shape index (κ3) is 1.78. The highest BCUT2D eigenvalue weighted by Gasteiger charge is 2.39. The van der Waals surface area contributed by atoms with Crippen molar-refractivity contribution >= 4 is 0 Å². The molecule has 0 radical (unpaired) electrons. The van der Waals surface area contributed by atoms with Crippen molar-refractivity contribution in [2.75, 3.05) is 26.2 Å². The molecule has 1 N–H and O–H groups in total. The number of benzene rings is 1. The molecule has 3 aliphatic rings. The number of hydrogen-bond acceptors (Lipinski definition) is 3. The SMILES string of the molecule is c1ccc2c(c1)CC(N1CC3NCCOC3C1)C2. The van der Waals surface area contributed by atoms with Crippen molar-refractivity contribution in [3.63, 3.8) is 0 Å². The summed E-state index contributed by atoms with van der Waals surface area (Å²) in [6, 6.07) is 10.1. The van der Waals surface area contributed by atoms with Crippen LogP contribution in [0.15, 0.2) is 24.3 Å². The lowest BCUT2D eigenvalue weighted by atomic mass is 10.1. The van der Waals surface area contributed by atoms with Gasteiger partial charge in [0.2, 0.25) is 0 Å². The number of hydrogen-bond donors (Lipinski definition) is 1. The summed E-state index contributed by atoms with van der Waals surface area (Å²) in [7, 11) is 0. The van der Waals surface area contributed by atoms with E-state index < -0.39 is 0 Å². The second-order valence-electron chi connectivity index (χ2n) is 5.75. The fraction of sp³-hybridized carbons (Fsp3) is 0.600. The van der Waals surface area contributed by atoms with Crippen LogP contribution in [0.5, 0.6) is 0 Å². The zero-order valence-electron chi connectivity index (χ0n) is 10.6. The van der Waals surface area contributed by atoms with Crippen molar-refractivity contribution in [2.45, 2.75) is 31.0 Å². The summed E-state index contributed by atoms with van der Waals surface area (Å²) in [5.74, 6) is 0. The molecule has 1 aliphatic carbocycles. The summed E-state index contributed by atoms with van der Waals surface area (Å²) in [5.41, 5.74) is 3.09. The van der Waals surface area contributed by atoms with Crippen LogP contribution >= 0.6 is 0 Å². The Kier molecular flexibility index (Phi) is 2.64. The van der Waals surface area contributed by atoms with Gasteiger partial charge in [0.25, 0.3) is 0 Å². The van der Waals surface area contributed by atoms with Crippen molar-refractivity contribution in [2.24, 2.45) is 0 Å². The molecule has 3 heteroatoms. The van der Waals surface area contributed by atoms with Gasteiger partial charge in [-0.1, -0.05) is 24.3 Å². The Balaban J connectivity index is 1.47. The van der Waals surface area contributed by atoms with Crippen LogP contribution in [0.4, 0.5) is 0 Å². The summed E-state index contributed by atoms with van der Waals surface area (Å²) < 4.78 is 5.86. The first-order chi connectivity index (χ1) is 8.90. The Morgan fingerprint density at radius 1 is 1.11 bits per heavy atom. The van der Waals surface area contributed by atoms with Gasteiger partial charge in [0.05, 0.1) is 12.7 Å². The number of rotatable bonds is 1. The van der Waals surface area contributed by atoms with E-state index in [-0.39, 0.29) is 0 Å². The van der Waals surface area contributed by atoms with Crippen LogP contribution in [-0.4, -0.2) is 49.3 Å². The molecule has 0 aromatic heterocycles. The Morgan fingerprint density at radius 3 is 2.61 bits per heavy atom. The summed E-state index contributed by atoms with van der Waals surface area (Å²) in [6.07, 6.45) is 2.85. The van der Waals surface area contributed by atoms with E-state index in [1.165, 1.54) is 12.8 Å². The van der Waals surface area contributed by atoms with Crippen molar-refractivity contribution in [1.29, 1.82) is 0 Å². The Hall–Kier alpha value is -0.900. The van der Waals surface area contributed by atoms with E-state index in [1.807, 2.05) is 0 Å². The van der Waals surface area contributed by atoms with Crippen LogP contribution in [0.1, 0.15) is 11.1 Å². The molecule has 2 fully saturated rings. The highest BCUT2D eigenvalue weighted by molar-refractivity contribution is 5.33. The Bertz CT molecular complexity index is 409. The number of likely N-dealkylation sites (tertiary alicyclic amines) is 1. The smallest absolute Gasteiger partial charge is 0.0867 e. The maximum Gasteiger partial charge on any atom is 0.0867 e. The number of morpholine rings is 1. The minimum Gasteiger partial charge on any atom is -0.374 e. The van der Waals surface area contributed by atoms with Gasteiger partial charge in [-0.2, -0.15) is 0 Å². The van der Waals surface area contributed by atoms with Gasteiger partial charge in [-0.15, -0.1) is 0 Å². The molecule has 0 saturated carbocycles. The highest BCUT2D eigenvalue weighted by Crippen LogP contribution is 2.28. The molecule has 2 aliphatic heterocycles. The topological polar surface area (TPSA) is 24.5 Å². The largest absolute Gasteiger partial charge is 0.374 e. The summed E-state index contributed by atoms with van der Waals surface area (Å²) in [5, 5.41) is 3.59. The zero-order chi connectivity index (χ0) is 11.9. The van der Waals surface area contributed by atoms with Crippen LogP contribution in [0.3, 0.4) is 0 Å². The molecule has 2 heterocycles. The van der Waals surface area contributed by atoms with Gasteiger partial charge in [-0.05, 0) is 24.0 Å². The summed E-state index contributed by atoms with van der Waals surface area (Å²) in [4.78, 5) is 2.63. The fourth-order valence-corrected chi connectivity index (χ4v) is 3.71. The van der Waals surface area contributed by atoms with Gasteiger partial charge in [-0.3, -0.25) is 4.90 Å². The summed E-state index contributed by atoms with van der Waals surface area (Å²) >= 11 is 0. The average Bonchev–Trinajstić information content (AvgIpc) is 3.02. The standard InChI is InChI=1S/C15H20N2O/c1-2-4-12-8-13(7-11(12)3-1)17-9-14-15(10-17)18-6-5-16-14/h1-4,13-16H,5-10H2. The van der Waals surface area contributed by atoms with Gasteiger partial charge in [0.15, 0.2) is 0 Å². The molecule has 1 aromatic carbocycles. The third-order valence-corrected chi connectivity index (χ3v) is 4.68. The molecule has 2 unspecified atom stereocenters. The van der Waals surface area contributed by atoms with Crippen molar-refractivity contribution in [3.05, 3.63) is 35.4 Å². The van der Waals surface area contributed by atoms with Gasteiger partial charge < -0.3 is 10.1 Å². The van der Waals surface area contributed by atoms with Crippen LogP contribution < -0.4 is 5.32 Å². The molecule has 1 aromatic rings. The molecule has 96 valence electrons. The first kappa shape index (κ1) is 11.0. The lowest BCUT2D eigenvalue weighted by Gasteiger charge is -2.25. The Morgan fingerprint density at radius 2 is 1.89 bits per heavy atom. The minimum absolute atomic E-state index is 0.419. The van der Waals surface area contributed by atoms with E-state index in [0.29, 0.717) is 18.2 Å². The van der Waals surface area contributed by atoms with E-state index in [2.05, 4.69) is 34.5 Å². The van der Waals surface area contributed by atoms with E-state index in [4.69, 9.17) is 4.74 Å². The Labute approximate surface area is 108 Å². The maximum absolute atomic E-state index is 5.86. The molecular weight excluding hydrogens is 224 g/mol. The van der Waals surface area contributed by atoms with E-state index in [0.717, 1.165) is 26.2 Å². The number of nitrogens with one attached hydrogen (secondary N) is 1. The molecule has 18 heavy (non-hydrogen) atoms. The average molecular weight is 244 g/mol. The van der Waals surface area contributed by atoms with Crippen molar-refractivity contribution < 1.29 is 4.74 Å². The second-order valence-corrected chi connectivity index (χ2v) is 5.75. The predicted octanol–water partition coefficient (Wildman–Crippen LogP) is 0.826. The lowest BCUT2D eigenvalue weighted by molar-refractivity contribution is 0.0165. The zero-order valence-corrected chi connectivity index (χ0v) is 10.6. The number of nitrogens with zero attached hydrogens (tertiary/aromatic N) is 1. The highest BCUT2D eigenvalue weighted by atomic mass is 16.5. The lowest BCUT2D eigenvalue weighted by Crippen LogP contribution is -2.47. The maximum atomic E-state index is 5.86. The first-order valence-corrected chi connectivity index (χ1v) is 7.06. The quantitative estimate of drug-likeness (QED) is 0.792. The van der Waals surface area contributed by atoms with Gasteiger partial charge in [0, 0.05) is 31.7 Å². The molecule has 0 spiro atoms. The van der Waals surface area contributed by atoms with E-state index >= 15 is 0 Å². The first-order valence-electron chi connectivity index (χ1n) is 7.06. The molecule has 3 nitrogen and oxygen atoms in total. The molecular formula is C15H20N2O. The van der Waals surface area contributed by atoms with Crippen LogP contribution in [0.25, 0.3) is 0 Å². The third-order valence-electron chi connectivity index (χ3n) is 4.68. The second kappa shape index (κ2) is 4.34. The molecule has 2 atom stereocenters. The summed E-state index contributed by atoms with van der Waals surface area (Å²) in [6.45, 7) is 4.15. The fourth-order valence-electron chi connectivity index (χ4n) is 3.71. The number of fused-ring (bicyclic) bond motifs is 2.